The number of hydrogen-bond acceptors (Lipinski definition) is 4. The molecule has 0 saturated carbocycles. The van der Waals surface area contributed by atoms with Crippen LogP contribution in [-0.2, 0) is 4.79 Å². The molecular weight excluding hydrogens is 274 g/mol. The Morgan fingerprint density at radius 1 is 1.24 bits per heavy atom. The average Bonchev–Trinajstić information content (AvgIpc) is 2.36. The highest BCUT2D eigenvalue weighted by Gasteiger charge is 2.45. The third-order valence-corrected chi connectivity index (χ3v) is 4.00. The first kappa shape index (κ1) is 15.2. The molecule has 1 saturated heterocycles. The van der Waals surface area contributed by atoms with E-state index in [1.807, 2.05) is 0 Å². The molecule has 1 aliphatic rings. The highest BCUT2D eigenvalue weighted by atomic mass is 16.4. The first-order valence-corrected chi connectivity index (χ1v) is 6.80. The van der Waals surface area contributed by atoms with E-state index < -0.39 is 23.3 Å². The van der Waals surface area contributed by atoms with Gasteiger partial charge in [0.25, 0.3) is 5.91 Å². The van der Waals surface area contributed by atoms with E-state index in [4.69, 9.17) is 0 Å². The second-order valence-electron chi connectivity index (χ2n) is 6.00. The zero-order chi connectivity index (χ0) is 15.8. The zero-order valence-electron chi connectivity index (χ0n) is 12.0. The minimum Gasteiger partial charge on any atom is -0.507 e. The standard InChI is InChI=1S/C15H19NO5/c1-15(2)7-4-8-16(12(15)14(20)21)13(19)11-9(17)5-3-6-10(11)18/h3,5-6,12,17-18H,4,7-8H2,1-2H3,(H,20,21). The van der Waals surface area contributed by atoms with Crippen LogP contribution >= 0.6 is 0 Å². The summed E-state index contributed by atoms with van der Waals surface area (Å²) >= 11 is 0. The molecule has 1 aromatic rings. The topological polar surface area (TPSA) is 98.1 Å². The average molecular weight is 293 g/mol. The summed E-state index contributed by atoms with van der Waals surface area (Å²) in [6.45, 7) is 3.89. The molecule has 0 aliphatic carbocycles. The molecule has 1 aromatic carbocycles. The summed E-state index contributed by atoms with van der Waals surface area (Å²) in [6.07, 6.45) is 1.37. The smallest absolute Gasteiger partial charge is 0.326 e. The highest BCUT2D eigenvalue weighted by molar-refractivity contribution is 6.01. The molecule has 1 fully saturated rings. The Labute approximate surface area is 122 Å². The van der Waals surface area contributed by atoms with Gasteiger partial charge in [-0.25, -0.2) is 4.79 Å². The molecule has 1 unspecified atom stereocenters. The van der Waals surface area contributed by atoms with Gasteiger partial charge in [0.1, 0.15) is 23.1 Å². The van der Waals surface area contributed by atoms with E-state index in [0.29, 0.717) is 12.8 Å². The van der Waals surface area contributed by atoms with Crippen molar-refractivity contribution in [3.63, 3.8) is 0 Å². The zero-order valence-corrected chi connectivity index (χ0v) is 12.0. The number of phenolic OH excluding ortho intramolecular Hbond substituents is 2. The number of rotatable bonds is 2. The molecule has 1 heterocycles. The van der Waals surface area contributed by atoms with Gasteiger partial charge < -0.3 is 20.2 Å². The highest BCUT2D eigenvalue weighted by Crippen LogP contribution is 2.38. The Morgan fingerprint density at radius 3 is 2.33 bits per heavy atom. The number of amides is 1. The quantitative estimate of drug-likeness (QED) is 0.772. The number of nitrogens with zero attached hydrogens (tertiary/aromatic N) is 1. The van der Waals surface area contributed by atoms with Gasteiger partial charge in [-0.3, -0.25) is 4.79 Å². The molecule has 6 heteroatoms. The number of phenols is 2. The molecular formula is C15H19NO5. The lowest BCUT2D eigenvalue weighted by Gasteiger charge is -2.44. The van der Waals surface area contributed by atoms with Crippen LogP contribution in [0.3, 0.4) is 0 Å². The number of aromatic hydroxyl groups is 2. The minimum atomic E-state index is -1.08. The second-order valence-corrected chi connectivity index (χ2v) is 6.00. The van der Waals surface area contributed by atoms with Crippen molar-refractivity contribution in [1.29, 1.82) is 0 Å². The number of benzene rings is 1. The van der Waals surface area contributed by atoms with Crippen LogP contribution in [0.5, 0.6) is 11.5 Å². The molecule has 1 aliphatic heterocycles. The molecule has 114 valence electrons. The third-order valence-electron chi connectivity index (χ3n) is 4.00. The molecule has 3 N–H and O–H groups in total. The minimum absolute atomic E-state index is 0.249. The van der Waals surface area contributed by atoms with Gasteiger partial charge in [0.05, 0.1) is 0 Å². The van der Waals surface area contributed by atoms with Crippen LogP contribution in [0.25, 0.3) is 0 Å². The lowest BCUT2D eigenvalue weighted by atomic mass is 9.76. The predicted octanol–water partition coefficient (Wildman–Crippen LogP) is 1.81. The first-order valence-electron chi connectivity index (χ1n) is 6.80. The third kappa shape index (κ3) is 2.66. The summed E-state index contributed by atoms with van der Waals surface area (Å²) in [5, 5.41) is 29.0. The van der Waals surface area contributed by atoms with E-state index in [0.717, 1.165) is 0 Å². The lowest BCUT2D eigenvalue weighted by Crippen LogP contribution is -2.56. The number of piperidine rings is 1. The Bertz CT molecular complexity index is 561. The fraction of sp³-hybridized carbons (Fsp3) is 0.467. The number of carboxylic acids is 1. The van der Waals surface area contributed by atoms with Gasteiger partial charge in [-0.05, 0) is 30.4 Å². The van der Waals surface area contributed by atoms with Crippen LogP contribution in [-0.4, -0.2) is 44.7 Å². The normalized spacial score (nSPS) is 21.0. The van der Waals surface area contributed by atoms with Gasteiger partial charge in [0, 0.05) is 6.54 Å². The van der Waals surface area contributed by atoms with E-state index in [9.17, 15) is 24.9 Å². The van der Waals surface area contributed by atoms with Crippen LogP contribution in [0.1, 0.15) is 37.0 Å². The van der Waals surface area contributed by atoms with Crippen LogP contribution in [0.15, 0.2) is 18.2 Å². The lowest BCUT2D eigenvalue weighted by molar-refractivity contribution is -0.148. The van der Waals surface area contributed by atoms with Crippen molar-refractivity contribution < 1.29 is 24.9 Å². The van der Waals surface area contributed by atoms with Gasteiger partial charge >= 0.3 is 5.97 Å². The van der Waals surface area contributed by atoms with Gasteiger partial charge in [0.15, 0.2) is 0 Å². The summed E-state index contributed by atoms with van der Waals surface area (Å²) in [4.78, 5) is 25.4. The molecule has 0 bridgehead atoms. The van der Waals surface area contributed by atoms with E-state index in [1.165, 1.54) is 23.1 Å². The maximum Gasteiger partial charge on any atom is 0.326 e. The number of aliphatic carboxylic acids is 1. The Hall–Kier alpha value is -2.24. The number of hydrogen-bond donors (Lipinski definition) is 3. The van der Waals surface area contributed by atoms with Crippen molar-refractivity contribution >= 4 is 11.9 Å². The fourth-order valence-corrected chi connectivity index (χ4v) is 2.97. The van der Waals surface area contributed by atoms with Crippen molar-refractivity contribution in [3.8, 4) is 11.5 Å². The van der Waals surface area contributed by atoms with Crippen molar-refractivity contribution in [3.05, 3.63) is 23.8 Å². The summed E-state index contributed by atoms with van der Waals surface area (Å²) < 4.78 is 0. The van der Waals surface area contributed by atoms with Gasteiger partial charge in [0.2, 0.25) is 0 Å². The Morgan fingerprint density at radius 2 is 1.81 bits per heavy atom. The monoisotopic (exact) mass is 293 g/mol. The summed E-state index contributed by atoms with van der Waals surface area (Å²) in [5.41, 5.74) is -0.818. The van der Waals surface area contributed by atoms with Gasteiger partial charge in [-0.15, -0.1) is 0 Å². The number of likely N-dealkylation sites (tertiary alicyclic amines) is 1. The van der Waals surface area contributed by atoms with Crippen LogP contribution in [0.2, 0.25) is 0 Å². The molecule has 0 spiro atoms. The van der Waals surface area contributed by atoms with Crippen LogP contribution in [0.4, 0.5) is 0 Å². The van der Waals surface area contributed by atoms with Crippen LogP contribution < -0.4 is 0 Å². The molecule has 2 rings (SSSR count). The molecule has 0 radical (unpaired) electrons. The van der Waals surface area contributed by atoms with Crippen LogP contribution in [0, 0.1) is 5.41 Å². The summed E-state index contributed by atoms with van der Waals surface area (Å²) in [6, 6.07) is 3.00. The van der Waals surface area contributed by atoms with E-state index >= 15 is 0 Å². The molecule has 6 nitrogen and oxygen atoms in total. The second kappa shape index (κ2) is 5.27. The molecule has 0 aromatic heterocycles. The molecule has 1 atom stereocenters. The van der Waals surface area contributed by atoms with E-state index in [-0.39, 0.29) is 23.6 Å². The summed E-state index contributed by atoms with van der Waals surface area (Å²) in [5.74, 6) is -2.45. The van der Waals surface area contributed by atoms with Crippen molar-refractivity contribution in [1.82, 2.24) is 4.90 Å². The van der Waals surface area contributed by atoms with E-state index in [2.05, 4.69) is 0 Å². The predicted molar refractivity (Wildman–Crippen MR) is 75.2 cm³/mol. The first-order chi connectivity index (χ1) is 9.75. The van der Waals surface area contributed by atoms with Crippen molar-refractivity contribution in [2.45, 2.75) is 32.7 Å². The van der Waals surface area contributed by atoms with Crippen molar-refractivity contribution in [2.75, 3.05) is 6.54 Å². The van der Waals surface area contributed by atoms with Gasteiger partial charge in [-0.2, -0.15) is 0 Å². The number of carboxylic acid groups (broad SMARTS) is 1. The Balaban J connectivity index is 2.44. The summed E-state index contributed by atoms with van der Waals surface area (Å²) in [7, 11) is 0. The number of carbonyl (C=O) groups is 2. The van der Waals surface area contributed by atoms with E-state index in [1.54, 1.807) is 13.8 Å². The van der Waals surface area contributed by atoms with Gasteiger partial charge in [-0.1, -0.05) is 19.9 Å². The molecule has 21 heavy (non-hydrogen) atoms. The number of carbonyl (C=O) groups excluding carboxylic acids is 1. The maximum absolute atomic E-state index is 12.6. The largest absolute Gasteiger partial charge is 0.507 e. The Kier molecular flexibility index (Phi) is 3.80. The maximum atomic E-state index is 12.6. The SMILES string of the molecule is CC1(C)CCCN(C(=O)c2c(O)cccc2O)C1C(=O)O. The fourth-order valence-electron chi connectivity index (χ4n) is 2.97. The van der Waals surface area contributed by atoms with Crippen molar-refractivity contribution in [2.24, 2.45) is 5.41 Å². The molecule has 1 amide bonds.